The van der Waals surface area contributed by atoms with Crippen LogP contribution in [0.1, 0.15) is 41.0 Å². The molecule has 0 aromatic carbocycles. The zero-order valence-electron chi connectivity index (χ0n) is 11.0. The van der Waals surface area contributed by atoms with E-state index in [0.717, 1.165) is 13.0 Å². The van der Waals surface area contributed by atoms with Gasteiger partial charge in [0, 0.05) is 12.1 Å². The highest BCUT2D eigenvalue weighted by Crippen LogP contribution is 2.16. The Hall–Kier alpha value is -0.590. The van der Waals surface area contributed by atoms with Gasteiger partial charge in [0.2, 0.25) is 0 Å². The molecular formula is C12H25N3. The minimum Gasteiger partial charge on any atom is -0.303 e. The van der Waals surface area contributed by atoms with Crippen LogP contribution in [0.15, 0.2) is 0 Å². The molecule has 0 aliphatic heterocycles. The summed E-state index contributed by atoms with van der Waals surface area (Å²) in [6.07, 6.45) is 0.853. The number of hydrogen-bond acceptors (Lipinski definition) is 3. The Morgan fingerprint density at radius 1 is 1.40 bits per heavy atom. The summed E-state index contributed by atoms with van der Waals surface area (Å²) in [4.78, 5) is 2.41. The largest absolute Gasteiger partial charge is 0.303 e. The van der Waals surface area contributed by atoms with Crippen LogP contribution < -0.4 is 5.32 Å². The highest BCUT2D eigenvalue weighted by Gasteiger charge is 2.27. The zero-order chi connectivity index (χ0) is 12.1. The van der Waals surface area contributed by atoms with Crippen LogP contribution in [0.4, 0.5) is 0 Å². The summed E-state index contributed by atoms with van der Waals surface area (Å²) < 4.78 is 0. The number of nitrogens with zero attached hydrogens (tertiary/aromatic N) is 2. The molecule has 0 aliphatic carbocycles. The monoisotopic (exact) mass is 211 g/mol. The molecule has 0 fully saturated rings. The summed E-state index contributed by atoms with van der Waals surface area (Å²) in [5, 5.41) is 12.2. The summed E-state index contributed by atoms with van der Waals surface area (Å²) in [7, 11) is 1.85. The number of rotatable bonds is 6. The first kappa shape index (κ1) is 14.4. The molecule has 0 heterocycles. The van der Waals surface area contributed by atoms with Gasteiger partial charge in [-0.1, -0.05) is 6.92 Å². The molecule has 0 amide bonds. The second kappa shape index (κ2) is 6.09. The average Bonchev–Trinajstić information content (AvgIpc) is 2.18. The minimum absolute atomic E-state index is 0.415. The van der Waals surface area contributed by atoms with Gasteiger partial charge in [-0.25, -0.2) is 0 Å². The maximum Gasteiger partial charge on any atom is 0.105 e. The van der Waals surface area contributed by atoms with Crippen LogP contribution in [-0.2, 0) is 0 Å². The van der Waals surface area contributed by atoms with Gasteiger partial charge < -0.3 is 5.32 Å². The fraction of sp³-hybridized carbons (Fsp3) is 0.917. The molecule has 3 heteroatoms. The van der Waals surface area contributed by atoms with Crippen LogP contribution in [0, 0.1) is 11.3 Å². The Balaban J connectivity index is 4.46. The van der Waals surface area contributed by atoms with Gasteiger partial charge in [-0.15, -0.1) is 0 Å². The van der Waals surface area contributed by atoms with Crippen molar-refractivity contribution in [1.82, 2.24) is 10.2 Å². The molecule has 88 valence electrons. The molecule has 3 nitrogen and oxygen atoms in total. The van der Waals surface area contributed by atoms with Crippen LogP contribution in [0.25, 0.3) is 0 Å². The van der Waals surface area contributed by atoms with E-state index in [1.54, 1.807) is 0 Å². The van der Waals surface area contributed by atoms with Crippen molar-refractivity contribution < 1.29 is 0 Å². The molecule has 0 rings (SSSR count). The topological polar surface area (TPSA) is 39.1 Å². The summed E-state index contributed by atoms with van der Waals surface area (Å²) in [5.41, 5.74) is -0.415. The molecule has 0 radical (unpaired) electrons. The minimum atomic E-state index is -0.415. The fourth-order valence-electron chi connectivity index (χ4n) is 2.10. The van der Waals surface area contributed by atoms with Crippen LogP contribution >= 0.6 is 0 Å². The van der Waals surface area contributed by atoms with E-state index < -0.39 is 5.54 Å². The molecule has 1 N–H and O–H groups in total. The highest BCUT2D eigenvalue weighted by atomic mass is 15.2. The van der Waals surface area contributed by atoms with Gasteiger partial charge in [-0.3, -0.25) is 4.90 Å². The first-order valence-electron chi connectivity index (χ1n) is 5.76. The van der Waals surface area contributed by atoms with E-state index >= 15 is 0 Å². The van der Waals surface area contributed by atoms with Crippen LogP contribution in [0.2, 0.25) is 0 Å². The highest BCUT2D eigenvalue weighted by molar-refractivity contribution is 5.04. The smallest absolute Gasteiger partial charge is 0.105 e. The Morgan fingerprint density at radius 3 is 2.20 bits per heavy atom. The second-order valence-corrected chi connectivity index (χ2v) is 4.67. The van der Waals surface area contributed by atoms with Gasteiger partial charge in [0.05, 0.1) is 6.07 Å². The SMILES string of the molecule is CCN(C(C)C)C(C)CC(C)(C#N)NC. The maximum absolute atomic E-state index is 9.10. The third kappa shape index (κ3) is 4.19. The van der Waals surface area contributed by atoms with Crippen molar-refractivity contribution in [2.75, 3.05) is 13.6 Å². The summed E-state index contributed by atoms with van der Waals surface area (Å²) in [5.74, 6) is 0. The normalized spacial score (nSPS) is 17.5. The third-order valence-corrected chi connectivity index (χ3v) is 3.10. The van der Waals surface area contributed by atoms with Crippen molar-refractivity contribution in [2.24, 2.45) is 0 Å². The van der Waals surface area contributed by atoms with Gasteiger partial charge >= 0.3 is 0 Å². The Morgan fingerprint density at radius 2 is 1.93 bits per heavy atom. The average molecular weight is 211 g/mol. The quantitative estimate of drug-likeness (QED) is 0.730. The third-order valence-electron chi connectivity index (χ3n) is 3.10. The number of nitriles is 1. The fourth-order valence-corrected chi connectivity index (χ4v) is 2.10. The van der Waals surface area contributed by atoms with E-state index in [9.17, 15) is 0 Å². The zero-order valence-corrected chi connectivity index (χ0v) is 11.0. The van der Waals surface area contributed by atoms with Gasteiger partial charge in [-0.05, 0) is 47.7 Å². The Bertz CT molecular complexity index is 219. The second-order valence-electron chi connectivity index (χ2n) is 4.67. The van der Waals surface area contributed by atoms with Crippen molar-refractivity contribution >= 4 is 0 Å². The Kier molecular flexibility index (Phi) is 5.85. The van der Waals surface area contributed by atoms with Gasteiger partial charge in [0.25, 0.3) is 0 Å². The lowest BCUT2D eigenvalue weighted by Gasteiger charge is -2.35. The molecule has 0 saturated carbocycles. The van der Waals surface area contributed by atoms with Crippen molar-refractivity contribution in [3.05, 3.63) is 0 Å². The van der Waals surface area contributed by atoms with Crippen molar-refractivity contribution in [3.63, 3.8) is 0 Å². The first-order chi connectivity index (χ1) is 6.90. The molecule has 0 aromatic heterocycles. The predicted molar refractivity (Wildman–Crippen MR) is 64.7 cm³/mol. The van der Waals surface area contributed by atoms with Gasteiger partial charge in [0.1, 0.15) is 5.54 Å². The van der Waals surface area contributed by atoms with E-state index in [0.29, 0.717) is 12.1 Å². The van der Waals surface area contributed by atoms with Crippen molar-refractivity contribution in [2.45, 2.75) is 58.7 Å². The molecule has 0 saturated heterocycles. The van der Waals surface area contributed by atoms with E-state index in [1.807, 2.05) is 14.0 Å². The van der Waals surface area contributed by atoms with Crippen molar-refractivity contribution in [1.29, 1.82) is 5.26 Å². The lowest BCUT2D eigenvalue weighted by atomic mass is 9.94. The number of nitrogens with one attached hydrogen (secondary N) is 1. The molecule has 2 unspecified atom stereocenters. The van der Waals surface area contributed by atoms with Crippen LogP contribution in [-0.4, -0.2) is 36.1 Å². The van der Waals surface area contributed by atoms with Gasteiger partial charge in [-0.2, -0.15) is 5.26 Å². The molecule has 2 atom stereocenters. The van der Waals surface area contributed by atoms with E-state index in [4.69, 9.17) is 5.26 Å². The lowest BCUT2D eigenvalue weighted by molar-refractivity contribution is 0.148. The van der Waals surface area contributed by atoms with Crippen LogP contribution in [0.5, 0.6) is 0 Å². The molecule has 15 heavy (non-hydrogen) atoms. The van der Waals surface area contributed by atoms with Gasteiger partial charge in [0.15, 0.2) is 0 Å². The predicted octanol–water partition coefficient (Wildman–Crippen LogP) is 2.00. The van der Waals surface area contributed by atoms with Crippen LogP contribution in [0.3, 0.4) is 0 Å². The van der Waals surface area contributed by atoms with Crippen molar-refractivity contribution in [3.8, 4) is 6.07 Å². The first-order valence-corrected chi connectivity index (χ1v) is 5.76. The number of hydrogen-bond donors (Lipinski definition) is 1. The molecular weight excluding hydrogens is 186 g/mol. The Labute approximate surface area is 94.5 Å². The lowest BCUT2D eigenvalue weighted by Crippen LogP contribution is -2.47. The molecule has 0 bridgehead atoms. The molecule has 0 aliphatic rings. The summed E-state index contributed by atoms with van der Waals surface area (Å²) in [6.45, 7) is 11.7. The van der Waals surface area contributed by atoms with E-state index in [-0.39, 0.29) is 0 Å². The van der Waals surface area contributed by atoms with E-state index in [1.165, 1.54) is 0 Å². The standard InChI is InChI=1S/C12H25N3/c1-7-15(10(2)3)11(4)8-12(5,9-13)14-6/h10-11,14H,7-8H2,1-6H3. The maximum atomic E-state index is 9.10. The molecule has 0 aromatic rings. The molecule has 0 spiro atoms. The summed E-state index contributed by atoms with van der Waals surface area (Å²) in [6, 6.07) is 3.29. The summed E-state index contributed by atoms with van der Waals surface area (Å²) >= 11 is 0. The van der Waals surface area contributed by atoms with E-state index in [2.05, 4.69) is 44.0 Å².